The first-order valence-electron chi connectivity index (χ1n) is 5.16. The number of hydrogen-bond acceptors (Lipinski definition) is 4. The van der Waals surface area contributed by atoms with Crippen LogP contribution in [0.5, 0.6) is 11.5 Å². The Balaban J connectivity index is 2.38. The van der Waals surface area contributed by atoms with Gasteiger partial charge in [0.2, 0.25) is 0 Å². The number of nitrogen functional groups attached to an aromatic ring is 1. The maximum Gasteiger partial charge on any atom is 0.492 e. The van der Waals surface area contributed by atoms with Crippen LogP contribution in [0.3, 0.4) is 0 Å². The number of ether oxygens (including phenoxy) is 1. The van der Waals surface area contributed by atoms with Gasteiger partial charge < -0.3 is 20.5 Å². The lowest BCUT2D eigenvalue weighted by Gasteiger charge is -2.12. The average molecular weight is 229 g/mol. The molecule has 4 N–H and O–H groups in total. The number of para-hydroxylation sites is 2. The molecule has 0 spiro atoms. The minimum Gasteiger partial charge on any atom is -0.456 e. The first kappa shape index (κ1) is 11.5. The fourth-order valence-corrected chi connectivity index (χ4v) is 1.50. The molecule has 86 valence electrons. The summed E-state index contributed by atoms with van der Waals surface area (Å²) in [7, 11) is -1.61. The normalized spacial score (nSPS) is 10.0. The summed E-state index contributed by atoms with van der Waals surface area (Å²) >= 11 is 0. The van der Waals surface area contributed by atoms with Gasteiger partial charge in [-0.1, -0.05) is 30.3 Å². The van der Waals surface area contributed by atoms with Crippen LogP contribution in [0.2, 0.25) is 0 Å². The second kappa shape index (κ2) is 4.90. The van der Waals surface area contributed by atoms with E-state index >= 15 is 0 Å². The third-order valence-corrected chi connectivity index (χ3v) is 2.32. The van der Waals surface area contributed by atoms with Crippen LogP contribution in [-0.2, 0) is 0 Å². The summed E-state index contributed by atoms with van der Waals surface area (Å²) in [6.45, 7) is 0. The van der Waals surface area contributed by atoms with Gasteiger partial charge in [-0.15, -0.1) is 0 Å². The van der Waals surface area contributed by atoms with E-state index in [1.54, 1.807) is 30.3 Å². The zero-order valence-electron chi connectivity index (χ0n) is 9.08. The summed E-state index contributed by atoms with van der Waals surface area (Å²) in [5, 5.41) is 18.5. The van der Waals surface area contributed by atoms with Crippen molar-refractivity contribution in [3.8, 4) is 11.5 Å². The Morgan fingerprint density at radius 2 is 1.65 bits per heavy atom. The van der Waals surface area contributed by atoms with Crippen molar-refractivity contribution in [2.75, 3.05) is 5.73 Å². The van der Waals surface area contributed by atoms with Gasteiger partial charge in [0.25, 0.3) is 0 Å². The van der Waals surface area contributed by atoms with Gasteiger partial charge in [-0.05, 0) is 18.2 Å². The molecule has 2 aromatic carbocycles. The third-order valence-electron chi connectivity index (χ3n) is 2.32. The lowest BCUT2D eigenvalue weighted by molar-refractivity contribution is 0.421. The SMILES string of the molecule is Nc1cccc(B(O)O)c1Oc1ccccc1. The van der Waals surface area contributed by atoms with E-state index in [2.05, 4.69) is 0 Å². The van der Waals surface area contributed by atoms with Gasteiger partial charge in [0.05, 0.1) is 5.69 Å². The highest BCUT2D eigenvalue weighted by Gasteiger charge is 2.19. The second-order valence-corrected chi connectivity index (χ2v) is 3.55. The van der Waals surface area contributed by atoms with Crippen LogP contribution >= 0.6 is 0 Å². The molecule has 0 aliphatic carbocycles. The molecule has 0 bridgehead atoms. The van der Waals surface area contributed by atoms with Gasteiger partial charge in [0.15, 0.2) is 0 Å². The van der Waals surface area contributed by atoms with Crippen LogP contribution in [0.4, 0.5) is 5.69 Å². The molecule has 5 heteroatoms. The van der Waals surface area contributed by atoms with E-state index in [0.29, 0.717) is 11.4 Å². The van der Waals surface area contributed by atoms with Gasteiger partial charge in [-0.3, -0.25) is 0 Å². The molecule has 0 unspecified atom stereocenters. The molecule has 0 aliphatic heterocycles. The maximum absolute atomic E-state index is 9.23. The molecule has 0 aliphatic rings. The van der Waals surface area contributed by atoms with E-state index in [4.69, 9.17) is 10.5 Å². The predicted octanol–water partition coefficient (Wildman–Crippen LogP) is 0.741. The van der Waals surface area contributed by atoms with E-state index in [0.717, 1.165) is 0 Å². The quantitative estimate of drug-likeness (QED) is 0.536. The minimum atomic E-state index is -1.61. The molecule has 0 aromatic heterocycles. The smallest absolute Gasteiger partial charge is 0.456 e. The fourth-order valence-electron chi connectivity index (χ4n) is 1.50. The Kier molecular flexibility index (Phi) is 3.32. The van der Waals surface area contributed by atoms with Crippen LogP contribution in [-0.4, -0.2) is 17.2 Å². The predicted molar refractivity (Wildman–Crippen MR) is 67.2 cm³/mol. The molecule has 17 heavy (non-hydrogen) atoms. The van der Waals surface area contributed by atoms with Crippen molar-refractivity contribution in [3.63, 3.8) is 0 Å². The Morgan fingerprint density at radius 1 is 0.941 bits per heavy atom. The van der Waals surface area contributed by atoms with E-state index < -0.39 is 7.12 Å². The molecular formula is C12H12BNO3. The van der Waals surface area contributed by atoms with Crippen molar-refractivity contribution in [2.45, 2.75) is 0 Å². The summed E-state index contributed by atoms with van der Waals surface area (Å²) in [5.74, 6) is 0.862. The van der Waals surface area contributed by atoms with E-state index in [-0.39, 0.29) is 11.2 Å². The van der Waals surface area contributed by atoms with Crippen molar-refractivity contribution in [3.05, 3.63) is 48.5 Å². The lowest BCUT2D eigenvalue weighted by atomic mass is 9.79. The summed E-state index contributed by atoms with van der Waals surface area (Å²) in [6.07, 6.45) is 0. The Hall–Kier alpha value is -1.98. The van der Waals surface area contributed by atoms with E-state index in [1.807, 2.05) is 18.2 Å². The molecule has 0 heterocycles. The van der Waals surface area contributed by atoms with Crippen molar-refractivity contribution >= 4 is 18.3 Å². The number of hydrogen-bond donors (Lipinski definition) is 3. The Labute approximate surface area is 99.4 Å². The standard InChI is InChI=1S/C12H12BNO3/c14-11-8-4-7-10(13(15)16)12(11)17-9-5-2-1-3-6-9/h1-8,15-16H,14H2. The van der Waals surface area contributed by atoms with Crippen LogP contribution in [0.15, 0.2) is 48.5 Å². The highest BCUT2D eigenvalue weighted by molar-refractivity contribution is 6.60. The summed E-state index contributed by atoms with van der Waals surface area (Å²) in [5.41, 5.74) is 6.36. The van der Waals surface area contributed by atoms with Gasteiger partial charge in [-0.2, -0.15) is 0 Å². The minimum absolute atomic E-state index is 0.244. The molecule has 0 atom stereocenters. The van der Waals surface area contributed by atoms with Gasteiger partial charge in [0, 0.05) is 5.46 Å². The van der Waals surface area contributed by atoms with Crippen LogP contribution < -0.4 is 15.9 Å². The highest BCUT2D eigenvalue weighted by Crippen LogP contribution is 2.25. The van der Waals surface area contributed by atoms with Crippen molar-refractivity contribution < 1.29 is 14.8 Å². The zero-order valence-corrected chi connectivity index (χ0v) is 9.08. The van der Waals surface area contributed by atoms with Crippen LogP contribution in [0.25, 0.3) is 0 Å². The van der Waals surface area contributed by atoms with Gasteiger partial charge in [-0.25, -0.2) is 0 Å². The molecule has 2 aromatic rings. The topological polar surface area (TPSA) is 75.7 Å². The molecule has 0 fully saturated rings. The molecule has 2 rings (SSSR count). The van der Waals surface area contributed by atoms with Crippen LogP contribution in [0.1, 0.15) is 0 Å². The number of benzene rings is 2. The monoisotopic (exact) mass is 229 g/mol. The fraction of sp³-hybridized carbons (Fsp3) is 0. The molecule has 0 saturated heterocycles. The Bertz CT molecular complexity index is 502. The van der Waals surface area contributed by atoms with Crippen molar-refractivity contribution in [1.29, 1.82) is 0 Å². The first-order valence-corrected chi connectivity index (χ1v) is 5.16. The zero-order chi connectivity index (χ0) is 12.3. The summed E-state index contributed by atoms with van der Waals surface area (Å²) in [6, 6.07) is 13.9. The molecule has 0 radical (unpaired) electrons. The molecule has 0 saturated carbocycles. The van der Waals surface area contributed by atoms with Crippen molar-refractivity contribution in [1.82, 2.24) is 0 Å². The molecule has 4 nitrogen and oxygen atoms in total. The van der Waals surface area contributed by atoms with Crippen molar-refractivity contribution in [2.24, 2.45) is 0 Å². The number of anilines is 1. The first-order chi connectivity index (χ1) is 8.18. The van der Waals surface area contributed by atoms with E-state index in [1.165, 1.54) is 0 Å². The Morgan fingerprint density at radius 3 is 2.29 bits per heavy atom. The molecule has 0 amide bonds. The lowest BCUT2D eigenvalue weighted by Crippen LogP contribution is -2.31. The van der Waals surface area contributed by atoms with Gasteiger partial charge >= 0.3 is 7.12 Å². The molecular weight excluding hydrogens is 217 g/mol. The third kappa shape index (κ3) is 2.58. The second-order valence-electron chi connectivity index (χ2n) is 3.55. The number of rotatable bonds is 3. The van der Waals surface area contributed by atoms with Gasteiger partial charge in [0.1, 0.15) is 11.5 Å². The largest absolute Gasteiger partial charge is 0.492 e. The summed E-state index contributed by atoms with van der Waals surface area (Å²) in [4.78, 5) is 0. The van der Waals surface area contributed by atoms with Crippen LogP contribution in [0, 0.1) is 0 Å². The van der Waals surface area contributed by atoms with E-state index in [9.17, 15) is 10.0 Å². The highest BCUT2D eigenvalue weighted by atomic mass is 16.5. The number of nitrogens with two attached hydrogens (primary N) is 1. The maximum atomic E-state index is 9.23. The summed E-state index contributed by atoms with van der Waals surface area (Å²) < 4.78 is 5.56. The average Bonchev–Trinajstić information content (AvgIpc) is 2.33.